The number of nitrogens with one attached hydrogen (secondary N) is 1. The van der Waals surface area contributed by atoms with Crippen LogP contribution in [-0.4, -0.2) is 12.1 Å². The molecule has 1 rings (SSSR count). The molecule has 0 aliphatic heterocycles. The number of rotatable bonds is 6. The second-order valence-electron chi connectivity index (χ2n) is 4.35. The van der Waals surface area contributed by atoms with Crippen LogP contribution in [0.4, 0.5) is 0 Å². The fourth-order valence-electron chi connectivity index (χ4n) is 1.36. The summed E-state index contributed by atoms with van der Waals surface area (Å²) in [6.07, 6.45) is 1.77. The van der Waals surface area contributed by atoms with Crippen molar-refractivity contribution in [2.45, 2.75) is 39.5 Å². The van der Waals surface area contributed by atoms with Crippen molar-refractivity contribution in [1.29, 1.82) is 0 Å². The number of benzene rings is 1. The highest BCUT2D eigenvalue weighted by atomic mass is 35.5. The van der Waals surface area contributed by atoms with E-state index in [1.807, 2.05) is 25.1 Å². The van der Waals surface area contributed by atoms with E-state index in [4.69, 9.17) is 16.3 Å². The molecule has 17 heavy (non-hydrogen) atoms. The number of halogens is 1. The number of hydrogen-bond acceptors (Lipinski definition) is 2. The van der Waals surface area contributed by atoms with Crippen molar-refractivity contribution >= 4 is 11.6 Å². The topological polar surface area (TPSA) is 21.3 Å². The lowest BCUT2D eigenvalue weighted by molar-refractivity contribution is 0.266. The molecule has 0 aromatic heterocycles. The Morgan fingerprint density at radius 1 is 1.41 bits per heavy atom. The highest BCUT2D eigenvalue weighted by Crippen LogP contribution is 2.24. The van der Waals surface area contributed by atoms with Gasteiger partial charge in [0.15, 0.2) is 0 Å². The second kappa shape index (κ2) is 6.67. The molecule has 0 bridgehead atoms. The fourth-order valence-corrected chi connectivity index (χ4v) is 1.56. The summed E-state index contributed by atoms with van der Waals surface area (Å²) in [6, 6.07) is 6.10. The van der Waals surface area contributed by atoms with E-state index < -0.39 is 0 Å². The standard InChI is InChI=1S/C14H20ClNO/c1-5-11(4)17-14-7-6-13(15)8-12(14)9-16-10(2)3/h5-8,10-11,16H,1,9H2,2-4H3. The Hall–Kier alpha value is -0.990. The molecular weight excluding hydrogens is 234 g/mol. The monoisotopic (exact) mass is 253 g/mol. The van der Waals surface area contributed by atoms with Gasteiger partial charge < -0.3 is 10.1 Å². The third-order valence-corrected chi connectivity index (χ3v) is 2.60. The minimum Gasteiger partial charge on any atom is -0.486 e. The molecule has 0 amide bonds. The van der Waals surface area contributed by atoms with Crippen LogP contribution in [0.15, 0.2) is 30.9 Å². The van der Waals surface area contributed by atoms with E-state index in [-0.39, 0.29) is 6.10 Å². The van der Waals surface area contributed by atoms with Crippen LogP contribution >= 0.6 is 11.6 Å². The molecule has 94 valence electrons. The smallest absolute Gasteiger partial charge is 0.124 e. The van der Waals surface area contributed by atoms with E-state index in [1.165, 1.54) is 0 Å². The summed E-state index contributed by atoms with van der Waals surface area (Å²) in [5.41, 5.74) is 1.07. The van der Waals surface area contributed by atoms with Crippen LogP contribution < -0.4 is 10.1 Å². The lowest BCUT2D eigenvalue weighted by Gasteiger charge is -2.16. The second-order valence-corrected chi connectivity index (χ2v) is 4.78. The Labute approximate surface area is 109 Å². The zero-order valence-electron chi connectivity index (χ0n) is 10.7. The molecule has 0 saturated carbocycles. The predicted octanol–water partition coefficient (Wildman–Crippen LogP) is 3.79. The van der Waals surface area contributed by atoms with Crippen molar-refractivity contribution in [3.63, 3.8) is 0 Å². The van der Waals surface area contributed by atoms with E-state index in [0.29, 0.717) is 6.04 Å². The van der Waals surface area contributed by atoms with Gasteiger partial charge in [-0.1, -0.05) is 38.1 Å². The SMILES string of the molecule is C=CC(C)Oc1ccc(Cl)cc1CNC(C)C. The Balaban J connectivity index is 2.83. The van der Waals surface area contributed by atoms with Crippen LogP contribution in [-0.2, 0) is 6.54 Å². The average Bonchev–Trinajstić information content (AvgIpc) is 2.29. The quantitative estimate of drug-likeness (QED) is 0.779. The van der Waals surface area contributed by atoms with Crippen molar-refractivity contribution in [2.75, 3.05) is 0 Å². The largest absolute Gasteiger partial charge is 0.486 e. The maximum atomic E-state index is 6.00. The van der Waals surface area contributed by atoms with Crippen molar-refractivity contribution < 1.29 is 4.74 Å². The van der Waals surface area contributed by atoms with Crippen LogP contribution in [0.1, 0.15) is 26.3 Å². The first-order valence-corrected chi connectivity index (χ1v) is 6.21. The summed E-state index contributed by atoms with van der Waals surface area (Å²) in [4.78, 5) is 0. The highest BCUT2D eigenvalue weighted by molar-refractivity contribution is 6.30. The summed E-state index contributed by atoms with van der Waals surface area (Å²) in [7, 11) is 0. The molecule has 0 fully saturated rings. The van der Waals surface area contributed by atoms with Gasteiger partial charge in [-0.25, -0.2) is 0 Å². The molecule has 0 saturated heterocycles. The summed E-state index contributed by atoms with van der Waals surface area (Å²) in [5.74, 6) is 0.856. The molecular formula is C14H20ClNO. The van der Waals surface area contributed by atoms with Gasteiger partial charge in [-0.2, -0.15) is 0 Å². The Morgan fingerprint density at radius 2 is 2.12 bits per heavy atom. The first kappa shape index (κ1) is 14.1. The molecule has 1 unspecified atom stereocenters. The maximum absolute atomic E-state index is 6.00. The molecule has 3 heteroatoms. The van der Waals surface area contributed by atoms with Crippen LogP contribution in [0.5, 0.6) is 5.75 Å². The van der Waals surface area contributed by atoms with Gasteiger partial charge >= 0.3 is 0 Å². The van der Waals surface area contributed by atoms with E-state index in [0.717, 1.165) is 22.9 Å². The van der Waals surface area contributed by atoms with E-state index in [1.54, 1.807) is 6.08 Å². The molecule has 1 atom stereocenters. The zero-order chi connectivity index (χ0) is 12.8. The Bertz CT molecular complexity index is 376. The Kier molecular flexibility index (Phi) is 5.52. The van der Waals surface area contributed by atoms with Gasteiger partial charge in [0.2, 0.25) is 0 Å². The Morgan fingerprint density at radius 3 is 2.71 bits per heavy atom. The molecule has 0 heterocycles. The average molecular weight is 254 g/mol. The van der Waals surface area contributed by atoms with Crippen LogP contribution in [0.3, 0.4) is 0 Å². The van der Waals surface area contributed by atoms with Gasteiger partial charge in [-0.05, 0) is 25.1 Å². The first-order valence-electron chi connectivity index (χ1n) is 5.84. The minimum atomic E-state index is -0.00558. The van der Waals surface area contributed by atoms with Crippen molar-refractivity contribution in [2.24, 2.45) is 0 Å². The highest BCUT2D eigenvalue weighted by Gasteiger charge is 2.07. The van der Waals surface area contributed by atoms with E-state index >= 15 is 0 Å². The molecule has 0 spiro atoms. The van der Waals surface area contributed by atoms with Gasteiger partial charge in [0, 0.05) is 23.2 Å². The number of ether oxygens (including phenoxy) is 1. The third-order valence-electron chi connectivity index (χ3n) is 2.37. The number of hydrogen-bond donors (Lipinski definition) is 1. The maximum Gasteiger partial charge on any atom is 0.124 e. The first-order chi connectivity index (χ1) is 8.02. The van der Waals surface area contributed by atoms with E-state index in [9.17, 15) is 0 Å². The zero-order valence-corrected chi connectivity index (χ0v) is 11.4. The molecule has 2 nitrogen and oxygen atoms in total. The molecule has 1 aromatic rings. The summed E-state index contributed by atoms with van der Waals surface area (Å²) >= 11 is 6.00. The lowest BCUT2D eigenvalue weighted by Crippen LogP contribution is -2.22. The third kappa shape index (κ3) is 4.80. The predicted molar refractivity (Wildman–Crippen MR) is 73.7 cm³/mol. The lowest BCUT2D eigenvalue weighted by atomic mass is 10.2. The van der Waals surface area contributed by atoms with Crippen LogP contribution in [0, 0.1) is 0 Å². The summed E-state index contributed by atoms with van der Waals surface area (Å²) < 4.78 is 5.77. The van der Waals surface area contributed by atoms with Gasteiger partial charge in [0.25, 0.3) is 0 Å². The van der Waals surface area contributed by atoms with Gasteiger partial charge in [-0.3, -0.25) is 0 Å². The van der Waals surface area contributed by atoms with Gasteiger partial charge in [0.05, 0.1) is 0 Å². The van der Waals surface area contributed by atoms with Gasteiger partial charge in [-0.15, -0.1) is 0 Å². The summed E-state index contributed by atoms with van der Waals surface area (Å²) in [6.45, 7) is 10.6. The van der Waals surface area contributed by atoms with Crippen molar-refractivity contribution in [1.82, 2.24) is 5.32 Å². The van der Waals surface area contributed by atoms with Crippen LogP contribution in [0.25, 0.3) is 0 Å². The molecule has 1 aromatic carbocycles. The molecule has 0 aliphatic rings. The summed E-state index contributed by atoms with van der Waals surface area (Å²) in [5, 5.41) is 4.08. The fraction of sp³-hybridized carbons (Fsp3) is 0.429. The van der Waals surface area contributed by atoms with Crippen LogP contribution in [0.2, 0.25) is 5.02 Å². The molecule has 1 N–H and O–H groups in total. The van der Waals surface area contributed by atoms with E-state index in [2.05, 4.69) is 25.7 Å². The van der Waals surface area contributed by atoms with Crippen molar-refractivity contribution in [3.8, 4) is 5.75 Å². The molecule has 0 radical (unpaired) electrons. The minimum absolute atomic E-state index is 0.00558. The van der Waals surface area contributed by atoms with Gasteiger partial charge in [0.1, 0.15) is 11.9 Å². The molecule has 0 aliphatic carbocycles. The normalized spacial score (nSPS) is 12.5. The van der Waals surface area contributed by atoms with Crippen molar-refractivity contribution in [3.05, 3.63) is 41.4 Å².